The molecule has 0 N–H and O–H groups in total. The van der Waals surface area contributed by atoms with Crippen molar-refractivity contribution < 1.29 is 0 Å². The fraction of sp³-hybridized carbons (Fsp3) is 0.625. The van der Waals surface area contributed by atoms with E-state index in [1.807, 2.05) is 47.6 Å². The number of para-hydroxylation sites is 1. The van der Waals surface area contributed by atoms with E-state index in [1.54, 1.807) is 0 Å². The van der Waals surface area contributed by atoms with Crippen molar-refractivity contribution in [3.63, 3.8) is 0 Å². The van der Waals surface area contributed by atoms with E-state index < -0.39 is 0 Å². The number of anilines is 1. The minimum Gasteiger partial charge on any atom is -0.375 e. The average Bonchev–Trinajstić information content (AvgIpc) is 2.46. The van der Waals surface area contributed by atoms with Gasteiger partial charge in [-0.1, -0.05) is 66.7 Å². The second-order valence-corrected chi connectivity index (χ2v) is 2.76. The Morgan fingerprint density at radius 2 is 1.24 bits per heavy atom. The molecule has 0 spiro atoms. The second-order valence-electron chi connectivity index (χ2n) is 2.76. The number of hydrogen-bond acceptors (Lipinski definition) is 1. The number of hydrogen-bond donors (Lipinski definition) is 0. The molecule has 0 saturated heterocycles. The first-order valence-corrected chi connectivity index (χ1v) is 7.10. The van der Waals surface area contributed by atoms with Gasteiger partial charge in [-0.15, -0.1) is 0 Å². The first-order valence-electron chi connectivity index (χ1n) is 7.10. The zero-order chi connectivity index (χ0) is 14.1. The molecule has 0 unspecified atom stereocenters. The summed E-state index contributed by atoms with van der Waals surface area (Å²) < 4.78 is 0. The minimum absolute atomic E-state index is 1.13. The van der Waals surface area contributed by atoms with Crippen LogP contribution in [0.15, 0.2) is 30.3 Å². The molecule has 0 aliphatic rings. The smallest absolute Gasteiger partial charge is 0.0363 e. The quantitative estimate of drug-likeness (QED) is 0.662. The molecule has 102 valence electrons. The zero-order valence-electron chi connectivity index (χ0n) is 13.2. The Bertz CT molecular complexity index is 194. The van der Waals surface area contributed by atoms with Crippen LogP contribution in [-0.2, 0) is 0 Å². The van der Waals surface area contributed by atoms with Gasteiger partial charge in [-0.05, 0) is 18.6 Å². The molecule has 0 amide bonds. The molecule has 1 aromatic rings. The first-order chi connectivity index (χ1) is 8.34. The highest BCUT2D eigenvalue weighted by atomic mass is 15.1. The van der Waals surface area contributed by atoms with Gasteiger partial charge in [0.1, 0.15) is 0 Å². The van der Waals surface area contributed by atoms with E-state index in [0.29, 0.717) is 0 Å². The van der Waals surface area contributed by atoms with Crippen molar-refractivity contribution >= 4 is 5.69 Å². The van der Waals surface area contributed by atoms with Crippen molar-refractivity contribution in [2.75, 3.05) is 18.5 Å². The third-order valence-electron chi connectivity index (χ3n) is 1.76. The molecule has 0 aliphatic heterocycles. The summed E-state index contributed by atoms with van der Waals surface area (Å²) in [4.78, 5) is 2.26. The molecule has 1 rings (SSSR count). The van der Waals surface area contributed by atoms with Crippen molar-refractivity contribution in [2.45, 2.75) is 54.9 Å². The number of nitrogens with zero attached hydrogens (tertiary/aromatic N) is 1. The van der Waals surface area contributed by atoms with Crippen LogP contribution < -0.4 is 4.90 Å². The Morgan fingerprint density at radius 3 is 1.59 bits per heavy atom. The Morgan fingerprint density at radius 1 is 0.824 bits per heavy atom. The number of benzene rings is 1. The highest BCUT2D eigenvalue weighted by molar-refractivity contribution is 5.44. The fourth-order valence-corrected chi connectivity index (χ4v) is 1.15. The summed E-state index contributed by atoms with van der Waals surface area (Å²) in [5.41, 5.74) is 1.30. The third kappa shape index (κ3) is 13.0. The van der Waals surface area contributed by atoms with Crippen molar-refractivity contribution in [3.8, 4) is 0 Å². The van der Waals surface area contributed by atoms with Gasteiger partial charge < -0.3 is 4.90 Å². The van der Waals surface area contributed by atoms with Gasteiger partial charge in [0, 0.05) is 19.3 Å². The van der Waals surface area contributed by atoms with Gasteiger partial charge in [0.05, 0.1) is 0 Å². The molecule has 0 heterocycles. The van der Waals surface area contributed by atoms with Crippen LogP contribution in [0.2, 0.25) is 0 Å². The zero-order valence-corrected chi connectivity index (χ0v) is 13.2. The molecule has 0 atom stereocenters. The minimum atomic E-state index is 1.13. The lowest BCUT2D eigenvalue weighted by atomic mass is 10.3. The summed E-state index contributed by atoms with van der Waals surface area (Å²) in [6, 6.07) is 10.5. The molecular formula is C16H33N. The Labute approximate surface area is 110 Å². The topological polar surface area (TPSA) is 3.24 Å². The van der Waals surface area contributed by atoms with E-state index in [2.05, 4.69) is 43.1 Å². The summed E-state index contributed by atoms with van der Waals surface area (Å²) >= 11 is 0. The SMILES string of the molecule is CC.CC.CC.CCCN(C)c1ccccc1. The summed E-state index contributed by atoms with van der Waals surface area (Å²) in [5, 5.41) is 0. The Kier molecular flexibility index (Phi) is 25.6. The monoisotopic (exact) mass is 239 g/mol. The Hall–Kier alpha value is -0.980. The average molecular weight is 239 g/mol. The normalized spacial score (nSPS) is 7.29. The molecule has 0 bridgehead atoms. The molecular weight excluding hydrogens is 206 g/mol. The molecule has 1 aromatic carbocycles. The van der Waals surface area contributed by atoms with E-state index in [4.69, 9.17) is 0 Å². The van der Waals surface area contributed by atoms with Gasteiger partial charge in [0.2, 0.25) is 0 Å². The van der Waals surface area contributed by atoms with E-state index in [-0.39, 0.29) is 0 Å². The molecule has 17 heavy (non-hydrogen) atoms. The van der Waals surface area contributed by atoms with Crippen molar-refractivity contribution in [3.05, 3.63) is 30.3 Å². The summed E-state index contributed by atoms with van der Waals surface area (Å²) in [7, 11) is 2.12. The summed E-state index contributed by atoms with van der Waals surface area (Å²) in [6.45, 7) is 15.3. The molecule has 0 fully saturated rings. The van der Waals surface area contributed by atoms with Crippen LogP contribution in [0.25, 0.3) is 0 Å². The molecule has 0 saturated carbocycles. The molecule has 0 radical (unpaired) electrons. The molecule has 1 nitrogen and oxygen atoms in total. The molecule has 0 aliphatic carbocycles. The van der Waals surface area contributed by atoms with Crippen LogP contribution in [-0.4, -0.2) is 13.6 Å². The summed E-state index contributed by atoms with van der Waals surface area (Å²) in [6.07, 6.45) is 1.20. The predicted octanol–water partition coefficient (Wildman–Crippen LogP) is 5.61. The highest BCUT2D eigenvalue weighted by Crippen LogP contribution is 2.10. The second kappa shape index (κ2) is 20.4. The first kappa shape index (κ1) is 21.3. The summed E-state index contributed by atoms with van der Waals surface area (Å²) in [5.74, 6) is 0. The van der Waals surface area contributed by atoms with Crippen LogP contribution in [0.3, 0.4) is 0 Å². The van der Waals surface area contributed by atoms with Crippen molar-refractivity contribution in [1.82, 2.24) is 0 Å². The lowest BCUT2D eigenvalue weighted by molar-refractivity contribution is 0.852. The largest absolute Gasteiger partial charge is 0.375 e. The molecule has 1 heteroatoms. The highest BCUT2D eigenvalue weighted by Gasteiger charge is 1.95. The van der Waals surface area contributed by atoms with Gasteiger partial charge in [-0.2, -0.15) is 0 Å². The third-order valence-corrected chi connectivity index (χ3v) is 1.76. The maximum absolute atomic E-state index is 2.26. The lowest BCUT2D eigenvalue weighted by Crippen LogP contribution is -2.17. The van der Waals surface area contributed by atoms with E-state index in [0.717, 1.165) is 6.54 Å². The Balaban J connectivity index is -0.000000285. The van der Waals surface area contributed by atoms with Gasteiger partial charge >= 0.3 is 0 Å². The maximum Gasteiger partial charge on any atom is 0.0363 e. The van der Waals surface area contributed by atoms with Crippen LogP contribution in [0.1, 0.15) is 54.9 Å². The predicted molar refractivity (Wildman–Crippen MR) is 84.0 cm³/mol. The van der Waals surface area contributed by atoms with E-state index >= 15 is 0 Å². The molecule has 0 aromatic heterocycles. The van der Waals surface area contributed by atoms with Gasteiger partial charge in [0.25, 0.3) is 0 Å². The van der Waals surface area contributed by atoms with Gasteiger partial charge in [-0.3, -0.25) is 0 Å². The van der Waals surface area contributed by atoms with Gasteiger partial charge in [-0.25, -0.2) is 0 Å². The fourth-order valence-electron chi connectivity index (χ4n) is 1.15. The van der Waals surface area contributed by atoms with Gasteiger partial charge in [0.15, 0.2) is 0 Å². The lowest BCUT2D eigenvalue weighted by Gasteiger charge is -2.17. The maximum atomic E-state index is 2.26. The van der Waals surface area contributed by atoms with E-state index in [1.165, 1.54) is 12.1 Å². The van der Waals surface area contributed by atoms with Crippen molar-refractivity contribution in [2.24, 2.45) is 0 Å². The standard InChI is InChI=1S/C10H15N.3C2H6/c1-3-9-11(2)10-7-5-4-6-8-10;3*1-2/h4-8H,3,9H2,1-2H3;3*1-2H3. The van der Waals surface area contributed by atoms with Crippen LogP contribution in [0.4, 0.5) is 5.69 Å². The number of rotatable bonds is 3. The van der Waals surface area contributed by atoms with Crippen LogP contribution >= 0.6 is 0 Å². The van der Waals surface area contributed by atoms with Crippen molar-refractivity contribution in [1.29, 1.82) is 0 Å². The van der Waals surface area contributed by atoms with Crippen LogP contribution in [0, 0.1) is 0 Å². The van der Waals surface area contributed by atoms with Crippen LogP contribution in [0.5, 0.6) is 0 Å². The van der Waals surface area contributed by atoms with E-state index in [9.17, 15) is 0 Å².